The number of anilines is 1. The van der Waals surface area contributed by atoms with E-state index in [1.54, 1.807) is 18.2 Å². The number of hydrogen-bond acceptors (Lipinski definition) is 4. The zero-order valence-corrected chi connectivity index (χ0v) is 14.2. The van der Waals surface area contributed by atoms with E-state index in [1.807, 2.05) is 30.3 Å². The van der Waals surface area contributed by atoms with E-state index >= 15 is 0 Å². The summed E-state index contributed by atoms with van der Waals surface area (Å²) in [7, 11) is 0. The second-order valence-electron chi connectivity index (χ2n) is 5.72. The Labute approximate surface area is 143 Å². The minimum Gasteiger partial charge on any atom is -0.491 e. The highest BCUT2D eigenvalue weighted by atomic mass is 16.5. The molecule has 4 heteroatoms. The first kappa shape index (κ1) is 17.9. The van der Waals surface area contributed by atoms with Crippen LogP contribution in [0, 0.1) is 0 Å². The van der Waals surface area contributed by atoms with E-state index in [2.05, 4.69) is 6.92 Å². The molecule has 0 saturated heterocycles. The lowest BCUT2D eigenvalue weighted by Gasteiger charge is -2.11. The molecule has 128 valence electrons. The van der Waals surface area contributed by atoms with Crippen LogP contribution in [0.3, 0.4) is 0 Å². The third-order valence-electron chi connectivity index (χ3n) is 3.72. The summed E-state index contributed by atoms with van der Waals surface area (Å²) in [5.41, 5.74) is 7.85. The van der Waals surface area contributed by atoms with Gasteiger partial charge in [0.15, 0.2) is 0 Å². The van der Waals surface area contributed by atoms with Crippen molar-refractivity contribution in [2.45, 2.75) is 39.2 Å². The standard InChI is InChI=1S/C20H25NO3/c1-2-3-4-8-13-23-19-14-17(11-12-18(19)21)20(22)24-15-16-9-6-5-7-10-16/h5-7,9-12,14H,2-4,8,13,15,21H2,1H3. The highest BCUT2D eigenvalue weighted by Gasteiger charge is 2.11. The number of hydrogen-bond donors (Lipinski definition) is 1. The van der Waals surface area contributed by atoms with Crippen molar-refractivity contribution < 1.29 is 14.3 Å². The van der Waals surface area contributed by atoms with Crippen LogP contribution < -0.4 is 10.5 Å². The molecule has 24 heavy (non-hydrogen) atoms. The van der Waals surface area contributed by atoms with E-state index in [9.17, 15) is 4.79 Å². The molecule has 0 spiro atoms. The first-order valence-corrected chi connectivity index (χ1v) is 8.44. The van der Waals surface area contributed by atoms with Gasteiger partial charge in [-0.05, 0) is 30.2 Å². The van der Waals surface area contributed by atoms with Gasteiger partial charge in [0, 0.05) is 0 Å². The summed E-state index contributed by atoms with van der Waals surface area (Å²) in [5, 5.41) is 0. The van der Waals surface area contributed by atoms with Crippen LogP contribution in [0.15, 0.2) is 48.5 Å². The summed E-state index contributed by atoms with van der Waals surface area (Å²) in [4.78, 5) is 12.2. The van der Waals surface area contributed by atoms with Gasteiger partial charge in [0.2, 0.25) is 0 Å². The zero-order chi connectivity index (χ0) is 17.2. The van der Waals surface area contributed by atoms with Crippen LogP contribution in [0.2, 0.25) is 0 Å². The van der Waals surface area contributed by atoms with Crippen LogP contribution in [0.25, 0.3) is 0 Å². The number of ether oxygens (including phenoxy) is 2. The summed E-state index contributed by atoms with van der Waals surface area (Å²) < 4.78 is 11.0. The monoisotopic (exact) mass is 327 g/mol. The van der Waals surface area contributed by atoms with Gasteiger partial charge < -0.3 is 15.2 Å². The summed E-state index contributed by atoms with van der Waals surface area (Å²) >= 11 is 0. The Morgan fingerprint density at radius 3 is 2.58 bits per heavy atom. The first-order valence-electron chi connectivity index (χ1n) is 8.44. The summed E-state index contributed by atoms with van der Waals surface area (Å²) in [6.07, 6.45) is 4.50. The third kappa shape index (κ3) is 5.61. The first-order chi connectivity index (χ1) is 11.7. The molecule has 0 saturated carbocycles. The lowest BCUT2D eigenvalue weighted by molar-refractivity contribution is 0.0472. The van der Waals surface area contributed by atoms with Gasteiger partial charge in [-0.2, -0.15) is 0 Å². The highest BCUT2D eigenvalue weighted by Crippen LogP contribution is 2.24. The molecule has 4 nitrogen and oxygen atoms in total. The van der Waals surface area contributed by atoms with Gasteiger partial charge >= 0.3 is 5.97 Å². The van der Waals surface area contributed by atoms with E-state index in [0.29, 0.717) is 23.6 Å². The molecule has 0 fully saturated rings. The minimum absolute atomic E-state index is 0.247. The Balaban J connectivity index is 1.90. The molecule has 0 aliphatic carbocycles. The lowest BCUT2D eigenvalue weighted by Crippen LogP contribution is -2.07. The fourth-order valence-corrected chi connectivity index (χ4v) is 2.30. The summed E-state index contributed by atoms with van der Waals surface area (Å²) in [6.45, 7) is 3.02. The van der Waals surface area contributed by atoms with Gasteiger partial charge in [0.25, 0.3) is 0 Å². The van der Waals surface area contributed by atoms with E-state index in [-0.39, 0.29) is 12.6 Å². The number of esters is 1. The van der Waals surface area contributed by atoms with Crippen molar-refractivity contribution in [3.63, 3.8) is 0 Å². The molecule has 0 aromatic heterocycles. The molecular formula is C20H25NO3. The average Bonchev–Trinajstić information content (AvgIpc) is 2.62. The molecule has 0 atom stereocenters. The van der Waals surface area contributed by atoms with Gasteiger partial charge in [0.1, 0.15) is 12.4 Å². The zero-order valence-electron chi connectivity index (χ0n) is 14.2. The highest BCUT2D eigenvalue weighted by molar-refractivity contribution is 5.90. The fourth-order valence-electron chi connectivity index (χ4n) is 2.30. The molecule has 2 rings (SSSR count). The van der Waals surface area contributed by atoms with E-state index < -0.39 is 0 Å². The Kier molecular flexibility index (Phi) is 7.15. The van der Waals surface area contributed by atoms with Crippen LogP contribution in [-0.4, -0.2) is 12.6 Å². The number of unbranched alkanes of at least 4 members (excludes halogenated alkanes) is 3. The molecule has 0 bridgehead atoms. The number of rotatable bonds is 9. The maximum atomic E-state index is 12.2. The van der Waals surface area contributed by atoms with E-state index in [0.717, 1.165) is 18.4 Å². The van der Waals surface area contributed by atoms with Crippen molar-refractivity contribution in [3.8, 4) is 5.75 Å². The van der Waals surface area contributed by atoms with Crippen molar-refractivity contribution in [2.24, 2.45) is 0 Å². The molecule has 0 aliphatic rings. The molecular weight excluding hydrogens is 302 g/mol. The molecule has 2 N–H and O–H groups in total. The third-order valence-corrected chi connectivity index (χ3v) is 3.72. The Morgan fingerprint density at radius 1 is 1.04 bits per heavy atom. The van der Waals surface area contributed by atoms with Crippen LogP contribution in [0.4, 0.5) is 5.69 Å². The summed E-state index contributed by atoms with van der Waals surface area (Å²) in [6, 6.07) is 14.6. The van der Waals surface area contributed by atoms with Gasteiger partial charge in [0.05, 0.1) is 17.9 Å². The molecule has 0 aliphatic heterocycles. The largest absolute Gasteiger partial charge is 0.491 e. The maximum Gasteiger partial charge on any atom is 0.338 e. The number of benzene rings is 2. The predicted molar refractivity (Wildman–Crippen MR) is 96.1 cm³/mol. The van der Waals surface area contributed by atoms with Gasteiger partial charge in [-0.15, -0.1) is 0 Å². The quantitative estimate of drug-likeness (QED) is 0.416. The molecule has 0 amide bonds. The van der Waals surface area contributed by atoms with Crippen molar-refractivity contribution in [1.82, 2.24) is 0 Å². The van der Waals surface area contributed by atoms with Crippen molar-refractivity contribution >= 4 is 11.7 Å². The topological polar surface area (TPSA) is 61.5 Å². The number of carbonyl (C=O) groups excluding carboxylic acids is 1. The van der Waals surface area contributed by atoms with Gasteiger partial charge in [-0.3, -0.25) is 0 Å². The summed E-state index contributed by atoms with van der Waals surface area (Å²) in [5.74, 6) is 0.162. The van der Waals surface area contributed by atoms with Crippen LogP contribution in [0.5, 0.6) is 5.75 Å². The van der Waals surface area contributed by atoms with Gasteiger partial charge in [-0.1, -0.05) is 56.5 Å². The Hall–Kier alpha value is -2.49. The molecule has 0 radical (unpaired) electrons. The SMILES string of the molecule is CCCCCCOc1cc(C(=O)OCc2ccccc2)ccc1N. The predicted octanol–water partition coefficient (Wildman–Crippen LogP) is 4.58. The fraction of sp³-hybridized carbons (Fsp3) is 0.350. The Bertz CT molecular complexity index is 641. The van der Waals surface area contributed by atoms with Crippen LogP contribution in [-0.2, 0) is 11.3 Å². The molecule has 0 heterocycles. The maximum absolute atomic E-state index is 12.2. The number of carbonyl (C=O) groups is 1. The van der Waals surface area contributed by atoms with E-state index in [4.69, 9.17) is 15.2 Å². The average molecular weight is 327 g/mol. The minimum atomic E-state index is -0.380. The number of nitrogens with two attached hydrogens (primary N) is 1. The molecule has 2 aromatic carbocycles. The molecule has 0 unspecified atom stereocenters. The van der Waals surface area contributed by atoms with Crippen molar-refractivity contribution in [2.75, 3.05) is 12.3 Å². The Morgan fingerprint density at radius 2 is 1.83 bits per heavy atom. The molecule has 2 aromatic rings. The van der Waals surface area contributed by atoms with Crippen LogP contribution in [0.1, 0.15) is 48.5 Å². The normalized spacial score (nSPS) is 10.4. The second-order valence-corrected chi connectivity index (χ2v) is 5.72. The second kappa shape index (κ2) is 9.60. The van der Waals surface area contributed by atoms with Gasteiger partial charge in [-0.25, -0.2) is 4.79 Å². The smallest absolute Gasteiger partial charge is 0.338 e. The van der Waals surface area contributed by atoms with Crippen molar-refractivity contribution in [1.29, 1.82) is 0 Å². The number of nitrogen functional groups attached to an aromatic ring is 1. The van der Waals surface area contributed by atoms with E-state index in [1.165, 1.54) is 12.8 Å². The lowest BCUT2D eigenvalue weighted by atomic mass is 10.2. The van der Waals surface area contributed by atoms with Crippen LogP contribution >= 0.6 is 0 Å². The van der Waals surface area contributed by atoms with Crippen molar-refractivity contribution in [3.05, 3.63) is 59.7 Å².